The van der Waals surface area contributed by atoms with Crippen molar-refractivity contribution in [2.75, 3.05) is 32.8 Å². The van der Waals surface area contributed by atoms with Gasteiger partial charge in [-0.15, -0.1) is 0 Å². The molecule has 0 unspecified atom stereocenters. The first-order valence-electron chi connectivity index (χ1n) is 11.7. The highest BCUT2D eigenvalue weighted by molar-refractivity contribution is 7.89. The minimum absolute atomic E-state index is 0.00733. The fraction of sp³-hybridized carbons (Fsp3) is 0.333. The highest BCUT2D eigenvalue weighted by atomic mass is 32.2. The van der Waals surface area contributed by atoms with E-state index < -0.39 is 10.0 Å². The zero-order valence-corrected chi connectivity index (χ0v) is 20.1. The van der Waals surface area contributed by atoms with Crippen LogP contribution in [0, 0.1) is 5.92 Å². The minimum Gasteiger partial charge on any atom is -0.491 e. The summed E-state index contributed by atoms with van der Waals surface area (Å²) < 4.78 is 33.8. The molecular formula is C27H32N2O4S. The second kappa shape index (κ2) is 11.6. The third kappa shape index (κ3) is 6.67. The van der Waals surface area contributed by atoms with Crippen LogP contribution in [-0.4, -0.2) is 51.3 Å². The number of aliphatic hydroxyl groups is 1. The van der Waals surface area contributed by atoms with Gasteiger partial charge in [0, 0.05) is 13.1 Å². The van der Waals surface area contributed by atoms with Gasteiger partial charge in [-0.05, 0) is 72.8 Å². The van der Waals surface area contributed by atoms with Crippen LogP contribution >= 0.6 is 0 Å². The van der Waals surface area contributed by atoms with Crippen molar-refractivity contribution in [3.8, 4) is 16.9 Å². The number of hydrogen-bond acceptors (Lipinski definition) is 5. The molecule has 0 atom stereocenters. The van der Waals surface area contributed by atoms with Crippen molar-refractivity contribution in [3.05, 3.63) is 84.4 Å². The first kappa shape index (κ1) is 24.4. The second-order valence-electron chi connectivity index (χ2n) is 8.68. The lowest BCUT2D eigenvalue weighted by molar-refractivity contribution is 0.178. The highest BCUT2D eigenvalue weighted by Gasteiger charge is 2.22. The number of rotatable bonds is 10. The molecule has 0 saturated carbocycles. The minimum atomic E-state index is -3.52. The number of likely N-dealkylation sites (tertiary alicyclic amines) is 1. The van der Waals surface area contributed by atoms with E-state index in [1.165, 1.54) is 5.56 Å². The van der Waals surface area contributed by atoms with Crippen LogP contribution in [0.4, 0.5) is 0 Å². The van der Waals surface area contributed by atoms with E-state index in [0.717, 1.165) is 49.4 Å². The van der Waals surface area contributed by atoms with Crippen LogP contribution in [0.1, 0.15) is 18.4 Å². The van der Waals surface area contributed by atoms with E-state index in [1.807, 2.05) is 54.6 Å². The number of piperidine rings is 1. The summed E-state index contributed by atoms with van der Waals surface area (Å²) in [5, 5.41) is 8.84. The summed E-state index contributed by atoms with van der Waals surface area (Å²) in [6, 6.07) is 24.9. The van der Waals surface area contributed by atoms with Crippen molar-refractivity contribution >= 4 is 10.0 Å². The Balaban J connectivity index is 1.23. The quantitative estimate of drug-likeness (QED) is 0.460. The van der Waals surface area contributed by atoms with Gasteiger partial charge in [-0.1, -0.05) is 54.6 Å². The Morgan fingerprint density at radius 1 is 0.882 bits per heavy atom. The summed E-state index contributed by atoms with van der Waals surface area (Å²) in [6.45, 7) is 3.53. The maximum atomic E-state index is 12.8. The Morgan fingerprint density at radius 3 is 2.18 bits per heavy atom. The van der Waals surface area contributed by atoms with Gasteiger partial charge in [0.1, 0.15) is 12.4 Å². The molecule has 4 rings (SSSR count). The Morgan fingerprint density at radius 2 is 1.53 bits per heavy atom. The van der Waals surface area contributed by atoms with Gasteiger partial charge in [0.25, 0.3) is 0 Å². The van der Waals surface area contributed by atoms with Crippen LogP contribution in [0.5, 0.6) is 5.75 Å². The number of sulfonamides is 1. The normalized spacial score (nSPS) is 15.3. The number of hydrogen-bond donors (Lipinski definition) is 2. The van der Waals surface area contributed by atoms with E-state index >= 15 is 0 Å². The van der Waals surface area contributed by atoms with Gasteiger partial charge in [-0.25, -0.2) is 13.1 Å². The van der Waals surface area contributed by atoms with Crippen molar-refractivity contribution < 1.29 is 18.3 Å². The average Bonchev–Trinajstić information content (AvgIpc) is 2.88. The fourth-order valence-corrected chi connectivity index (χ4v) is 5.35. The van der Waals surface area contributed by atoms with Crippen molar-refractivity contribution in [1.29, 1.82) is 0 Å². The van der Waals surface area contributed by atoms with Gasteiger partial charge < -0.3 is 9.84 Å². The monoisotopic (exact) mass is 480 g/mol. The standard InChI is InChI=1S/C27H32N2O4S/c30-18-19-33-26-10-6-23(7-11-26)21-29-16-14-22(15-17-29)20-28-34(31,32)27-12-8-25(9-13-27)24-4-2-1-3-5-24/h1-13,22,28,30H,14-21H2. The maximum absolute atomic E-state index is 12.8. The van der Waals surface area contributed by atoms with Crippen LogP contribution in [0.3, 0.4) is 0 Å². The van der Waals surface area contributed by atoms with Crippen LogP contribution in [0.2, 0.25) is 0 Å². The van der Waals surface area contributed by atoms with Crippen LogP contribution < -0.4 is 9.46 Å². The maximum Gasteiger partial charge on any atom is 0.240 e. The summed E-state index contributed by atoms with van der Waals surface area (Å²) in [7, 11) is -3.52. The lowest BCUT2D eigenvalue weighted by atomic mass is 9.97. The second-order valence-corrected chi connectivity index (χ2v) is 10.4. The molecule has 0 aromatic heterocycles. The van der Waals surface area contributed by atoms with Gasteiger partial charge in [0.05, 0.1) is 11.5 Å². The molecule has 1 aliphatic rings. The SMILES string of the molecule is O=S(=O)(NCC1CCN(Cc2ccc(OCCO)cc2)CC1)c1ccc(-c2ccccc2)cc1. The first-order valence-corrected chi connectivity index (χ1v) is 13.2. The van der Waals surface area contributed by atoms with E-state index in [9.17, 15) is 8.42 Å². The number of aliphatic hydroxyl groups excluding tert-OH is 1. The molecule has 3 aromatic carbocycles. The molecule has 34 heavy (non-hydrogen) atoms. The van der Waals surface area contributed by atoms with Gasteiger partial charge in [-0.3, -0.25) is 4.90 Å². The molecule has 2 N–H and O–H groups in total. The van der Waals surface area contributed by atoms with Gasteiger partial charge >= 0.3 is 0 Å². The number of nitrogens with zero attached hydrogens (tertiary/aromatic N) is 1. The van der Waals surface area contributed by atoms with E-state index in [4.69, 9.17) is 9.84 Å². The lowest BCUT2D eigenvalue weighted by Crippen LogP contribution is -2.38. The van der Waals surface area contributed by atoms with Crippen LogP contribution in [-0.2, 0) is 16.6 Å². The number of nitrogens with one attached hydrogen (secondary N) is 1. The van der Waals surface area contributed by atoms with Crippen molar-refractivity contribution in [2.45, 2.75) is 24.3 Å². The summed E-state index contributed by atoms with van der Waals surface area (Å²) in [6.07, 6.45) is 1.93. The predicted molar refractivity (Wildman–Crippen MR) is 134 cm³/mol. The Labute approximate surface area is 202 Å². The Kier molecular flexibility index (Phi) is 8.34. The topological polar surface area (TPSA) is 78.9 Å². The molecule has 7 heteroatoms. The molecule has 0 bridgehead atoms. The van der Waals surface area contributed by atoms with Gasteiger partial charge in [-0.2, -0.15) is 0 Å². The Hall–Kier alpha value is -2.71. The zero-order valence-electron chi connectivity index (χ0n) is 19.3. The molecule has 1 aliphatic heterocycles. The molecule has 1 saturated heterocycles. The molecule has 3 aromatic rings. The first-order chi connectivity index (χ1) is 16.5. The smallest absolute Gasteiger partial charge is 0.240 e. The molecule has 180 valence electrons. The zero-order chi connectivity index (χ0) is 23.8. The predicted octanol–water partition coefficient (Wildman–Crippen LogP) is 3.92. The van der Waals surface area contributed by atoms with Crippen LogP contribution in [0.25, 0.3) is 11.1 Å². The van der Waals surface area contributed by atoms with Gasteiger partial charge in [0.2, 0.25) is 10.0 Å². The van der Waals surface area contributed by atoms with Crippen molar-refractivity contribution in [1.82, 2.24) is 9.62 Å². The Bertz CT molecular complexity index is 1130. The van der Waals surface area contributed by atoms with E-state index in [-0.39, 0.29) is 6.61 Å². The third-order valence-electron chi connectivity index (χ3n) is 6.23. The fourth-order valence-electron chi connectivity index (χ4n) is 4.23. The highest BCUT2D eigenvalue weighted by Crippen LogP contribution is 2.23. The van der Waals surface area contributed by atoms with Crippen molar-refractivity contribution in [2.24, 2.45) is 5.92 Å². The summed E-state index contributed by atoms with van der Waals surface area (Å²) >= 11 is 0. The molecule has 0 spiro atoms. The molecule has 0 radical (unpaired) electrons. The number of benzene rings is 3. The lowest BCUT2D eigenvalue weighted by Gasteiger charge is -2.32. The van der Waals surface area contributed by atoms with E-state index in [0.29, 0.717) is 24.0 Å². The molecule has 1 heterocycles. The van der Waals surface area contributed by atoms with E-state index in [2.05, 4.69) is 21.8 Å². The van der Waals surface area contributed by atoms with Gasteiger partial charge in [0.15, 0.2) is 0 Å². The average molecular weight is 481 g/mol. The number of ether oxygens (including phenoxy) is 1. The third-order valence-corrected chi connectivity index (χ3v) is 7.67. The van der Waals surface area contributed by atoms with Crippen molar-refractivity contribution in [3.63, 3.8) is 0 Å². The largest absolute Gasteiger partial charge is 0.491 e. The van der Waals surface area contributed by atoms with E-state index in [1.54, 1.807) is 12.1 Å². The molecular weight excluding hydrogens is 448 g/mol. The molecule has 1 fully saturated rings. The molecule has 0 amide bonds. The molecule has 6 nitrogen and oxygen atoms in total. The summed E-state index contributed by atoms with van der Waals surface area (Å²) in [5.74, 6) is 1.10. The summed E-state index contributed by atoms with van der Waals surface area (Å²) in [4.78, 5) is 2.70. The molecule has 0 aliphatic carbocycles. The summed E-state index contributed by atoms with van der Waals surface area (Å²) in [5.41, 5.74) is 3.28. The van der Waals surface area contributed by atoms with Crippen LogP contribution in [0.15, 0.2) is 83.8 Å².